The molecule has 0 spiro atoms. The number of pyridine rings is 1. The Morgan fingerprint density at radius 2 is 1.80 bits per heavy atom. The average molecular weight is 434 g/mol. The molecule has 158 valence electrons. The highest BCUT2D eigenvalue weighted by atomic mass is 32.1. The van der Waals surface area contributed by atoms with Gasteiger partial charge < -0.3 is 11.1 Å². The Kier molecular flexibility index (Phi) is 6.73. The van der Waals surface area contributed by atoms with Gasteiger partial charge in [-0.3, -0.25) is 9.69 Å². The van der Waals surface area contributed by atoms with Gasteiger partial charge in [-0.15, -0.1) is 11.3 Å². The summed E-state index contributed by atoms with van der Waals surface area (Å²) in [5, 5.41) is 3.31. The van der Waals surface area contributed by atoms with Crippen molar-refractivity contribution in [2.24, 2.45) is 5.73 Å². The first-order valence-corrected chi connectivity index (χ1v) is 10.2. The van der Waals surface area contributed by atoms with E-state index in [1.54, 1.807) is 6.07 Å². The van der Waals surface area contributed by atoms with Crippen molar-refractivity contribution in [3.63, 3.8) is 0 Å². The van der Waals surface area contributed by atoms with Crippen molar-refractivity contribution in [1.29, 1.82) is 0 Å². The molecule has 0 radical (unpaired) electrons. The Labute approximate surface area is 176 Å². The third-order valence-electron chi connectivity index (χ3n) is 4.58. The van der Waals surface area contributed by atoms with Crippen LogP contribution in [0.25, 0.3) is 10.4 Å². The molecule has 0 aliphatic rings. The van der Waals surface area contributed by atoms with Gasteiger partial charge in [0.15, 0.2) is 0 Å². The van der Waals surface area contributed by atoms with Gasteiger partial charge >= 0.3 is 0 Å². The van der Waals surface area contributed by atoms with E-state index in [0.29, 0.717) is 29.5 Å². The van der Waals surface area contributed by atoms with Crippen molar-refractivity contribution in [2.75, 3.05) is 18.4 Å². The Morgan fingerprint density at radius 1 is 1.13 bits per heavy atom. The summed E-state index contributed by atoms with van der Waals surface area (Å²) in [5.41, 5.74) is 5.92. The highest BCUT2D eigenvalue weighted by Gasteiger charge is 2.21. The van der Waals surface area contributed by atoms with Gasteiger partial charge in [-0.25, -0.2) is 18.2 Å². The lowest BCUT2D eigenvalue weighted by Crippen LogP contribution is -2.22. The SMILES string of the molecule is CCN(CC)Cc1cccc(Nc2sc(-c3c(F)cc(F)cc3F)cc2C(N)=O)n1. The number of hydrogen-bond acceptors (Lipinski definition) is 5. The van der Waals surface area contributed by atoms with Crippen LogP contribution < -0.4 is 11.1 Å². The number of amides is 1. The molecule has 9 heteroatoms. The number of nitrogens with zero attached hydrogens (tertiary/aromatic N) is 2. The summed E-state index contributed by atoms with van der Waals surface area (Å²) in [6.07, 6.45) is 0. The first-order chi connectivity index (χ1) is 14.3. The number of primary amides is 1. The van der Waals surface area contributed by atoms with Crippen LogP contribution in [0.1, 0.15) is 29.9 Å². The first kappa shape index (κ1) is 21.8. The number of halogens is 3. The number of carbonyl (C=O) groups excluding carboxylic acids is 1. The molecule has 1 aromatic carbocycles. The van der Waals surface area contributed by atoms with E-state index in [1.165, 1.54) is 6.07 Å². The van der Waals surface area contributed by atoms with Crippen molar-refractivity contribution >= 4 is 28.1 Å². The molecule has 2 aromatic heterocycles. The maximum Gasteiger partial charge on any atom is 0.251 e. The molecular formula is C21H21F3N4OS. The van der Waals surface area contributed by atoms with Gasteiger partial charge in [0.1, 0.15) is 28.3 Å². The van der Waals surface area contributed by atoms with Crippen LogP contribution in [-0.2, 0) is 6.54 Å². The predicted octanol–water partition coefficient (Wildman–Crippen LogP) is 4.91. The number of rotatable bonds is 8. The van der Waals surface area contributed by atoms with Gasteiger partial charge in [-0.05, 0) is 31.3 Å². The summed E-state index contributed by atoms with van der Waals surface area (Å²) in [6, 6.07) is 7.90. The number of thiophene rings is 1. The molecular weight excluding hydrogens is 413 g/mol. The number of nitrogens with two attached hydrogens (primary N) is 1. The van der Waals surface area contributed by atoms with Crippen molar-refractivity contribution in [3.8, 4) is 10.4 Å². The molecule has 0 aliphatic carbocycles. The van der Waals surface area contributed by atoms with Crippen molar-refractivity contribution in [1.82, 2.24) is 9.88 Å². The van der Waals surface area contributed by atoms with E-state index >= 15 is 0 Å². The van der Waals surface area contributed by atoms with E-state index in [9.17, 15) is 18.0 Å². The highest BCUT2D eigenvalue weighted by molar-refractivity contribution is 7.20. The molecule has 30 heavy (non-hydrogen) atoms. The Hall–Kier alpha value is -2.91. The maximum atomic E-state index is 14.2. The van der Waals surface area contributed by atoms with Gasteiger partial charge in [0.05, 0.1) is 16.8 Å². The third kappa shape index (κ3) is 4.80. The van der Waals surface area contributed by atoms with Gasteiger partial charge in [0, 0.05) is 23.6 Å². The molecule has 0 bridgehead atoms. The number of carbonyl (C=O) groups is 1. The Bertz CT molecular complexity index is 1040. The van der Waals surface area contributed by atoms with Gasteiger partial charge in [0.2, 0.25) is 0 Å². The summed E-state index contributed by atoms with van der Waals surface area (Å²) in [5.74, 6) is -3.43. The molecule has 3 N–H and O–H groups in total. The molecule has 0 aliphatic heterocycles. The second kappa shape index (κ2) is 9.27. The standard InChI is InChI=1S/C21H21F3N4OS/c1-3-28(4-2)11-13-6-5-7-18(26-13)27-21-14(20(25)29)10-17(30-21)19-15(23)8-12(22)9-16(19)24/h5-10H,3-4,11H2,1-2H3,(H2,25,29)(H,26,27). The number of hydrogen-bond donors (Lipinski definition) is 2. The fourth-order valence-corrected chi connectivity index (χ4v) is 4.12. The molecule has 3 aromatic rings. The fourth-order valence-electron chi connectivity index (χ4n) is 3.00. The van der Waals surface area contributed by atoms with Crippen LogP contribution in [0.4, 0.5) is 24.0 Å². The van der Waals surface area contributed by atoms with Crippen LogP contribution in [0.2, 0.25) is 0 Å². The fraction of sp³-hybridized carbons (Fsp3) is 0.238. The molecule has 3 rings (SSSR count). The molecule has 5 nitrogen and oxygen atoms in total. The van der Waals surface area contributed by atoms with Crippen LogP contribution in [0.15, 0.2) is 36.4 Å². The van der Waals surface area contributed by atoms with Crippen molar-refractivity contribution in [2.45, 2.75) is 20.4 Å². The molecule has 0 fully saturated rings. The molecule has 0 atom stereocenters. The summed E-state index contributed by atoms with van der Waals surface area (Å²) in [4.78, 5) is 18.7. The van der Waals surface area contributed by atoms with E-state index in [1.807, 2.05) is 12.1 Å². The topological polar surface area (TPSA) is 71.2 Å². The second-order valence-electron chi connectivity index (χ2n) is 6.56. The molecule has 0 saturated carbocycles. The smallest absolute Gasteiger partial charge is 0.251 e. The average Bonchev–Trinajstić information content (AvgIpc) is 3.09. The maximum absolute atomic E-state index is 14.2. The lowest BCUT2D eigenvalue weighted by atomic mass is 10.1. The monoisotopic (exact) mass is 434 g/mol. The minimum Gasteiger partial charge on any atom is -0.366 e. The zero-order chi connectivity index (χ0) is 21.8. The molecule has 1 amide bonds. The van der Waals surface area contributed by atoms with Gasteiger partial charge in [0.25, 0.3) is 5.91 Å². The van der Waals surface area contributed by atoms with Crippen LogP contribution in [0.3, 0.4) is 0 Å². The summed E-state index contributed by atoms with van der Waals surface area (Å²) in [7, 11) is 0. The highest BCUT2D eigenvalue weighted by Crippen LogP contribution is 2.39. The van der Waals surface area contributed by atoms with Crippen LogP contribution >= 0.6 is 11.3 Å². The first-order valence-electron chi connectivity index (χ1n) is 9.36. The van der Waals surface area contributed by atoms with Crippen LogP contribution in [-0.4, -0.2) is 28.9 Å². The van der Waals surface area contributed by atoms with Gasteiger partial charge in [-0.1, -0.05) is 19.9 Å². The van der Waals surface area contributed by atoms with Crippen molar-refractivity contribution < 1.29 is 18.0 Å². The number of benzene rings is 1. The summed E-state index contributed by atoms with van der Waals surface area (Å²) in [6.45, 7) is 6.54. The second-order valence-corrected chi connectivity index (χ2v) is 7.61. The predicted molar refractivity (Wildman–Crippen MR) is 112 cm³/mol. The van der Waals surface area contributed by atoms with Gasteiger partial charge in [-0.2, -0.15) is 0 Å². The van der Waals surface area contributed by atoms with Crippen molar-refractivity contribution in [3.05, 3.63) is 65.1 Å². The normalized spacial score (nSPS) is 11.1. The van der Waals surface area contributed by atoms with E-state index in [0.717, 1.165) is 30.1 Å². The van der Waals surface area contributed by atoms with E-state index in [2.05, 4.69) is 29.0 Å². The number of aromatic nitrogens is 1. The molecule has 0 unspecified atom stereocenters. The lowest BCUT2D eigenvalue weighted by molar-refractivity contribution is 0.100. The zero-order valence-corrected chi connectivity index (χ0v) is 17.3. The summed E-state index contributed by atoms with van der Waals surface area (Å²) < 4.78 is 41.6. The minimum absolute atomic E-state index is 0.0640. The lowest BCUT2D eigenvalue weighted by Gasteiger charge is -2.17. The summed E-state index contributed by atoms with van der Waals surface area (Å²) >= 11 is 0.934. The number of anilines is 2. The Balaban J connectivity index is 1.95. The van der Waals surface area contributed by atoms with E-state index < -0.39 is 28.9 Å². The largest absolute Gasteiger partial charge is 0.366 e. The minimum atomic E-state index is -1.06. The number of nitrogens with one attached hydrogen (secondary N) is 1. The zero-order valence-electron chi connectivity index (χ0n) is 16.5. The third-order valence-corrected chi connectivity index (χ3v) is 5.65. The van der Waals surface area contributed by atoms with E-state index in [4.69, 9.17) is 5.73 Å². The molecule has 0 saturated heterocycles. The Morgan fingerprint density at radius 3 is 2.40 bits per heavy atom. The molecule has 2 heterocycles. The van der Waals surface area contributed by atoms with Crippen LogP contribution in [0, 0.1) is 17.5 Å². The van der Waals surface area contributed by atoms with E-state index in [-0.39, 0.29) is 10.4 Å². The van der Waals surface area contributed by atoms with Crippen LogP contribution in [0.5, 0.6) is 0 Å². The quantitative estimate of drug-likeness (QED) is 0.528.